The largest absolute Gasteiger partial charge is 0.375 e. The lowest BCUT2D eigenvalue weighted by molar-refractivity contribution is -0.119. The molecule has 0 fully saturated rings. The van der Waals surface area contributed by atoms with Gasteiger partial charge in [0.05, 0.1) is 10.6 Å². The Kier molecular flexibility index (Phi) is 3.49. The predicted octanol–water partition coefficient (Wildman–Crippen LogP) is 1.88. The lowest BCUT2D eigenvalue weighted by Crippen LogP contribution is -2.26. The van der Waals surface area contributed by atoms with Crippen LogP contribution in [0.3, 0.4) is 0 Å². The first-order chi connectivity index (χ1) is 8.41. The van der Waals surface area contributed by atoms with Gasteiger partial charge in [0.15, 0.2) is 10.9 Å². The minimum absolute atomic E-state index is 0.0102. The van der Waals surface area contributed by atoms with Gasteiger partial charge in [-0.3, -0.25) is 14.9 Å². The van der Waals surface area contributed by atoms with Gasteiger partial charge in [0.1, 0.15) is 6.61 Å². The van der Waals surface area contributed by atoms with Crippen LogP contribution in [0.1, 0.15) is 35.6 Å². The second-order valence-electron chi connectivity index (χ2n) is 5.22. The maximum Gasteiger partial charge on any atom is 0.252 e. The van der Waals surface area contributed by atoms with Gasteiger partial charge in [-0.2, -0.15) is 0 Å². The molecular weight excluding hydrogens is 252 g/mol. The molecule has 2 rings (SSSR count). The van der Waals surface area contributed by atoms with Gasteiger partial charge in [0.25, 0.3) is 5.91 Å². The number of carbonyl (C=O) groups is 2. The van der Waals surface area contributed by atoms with Crippen LogP contribution in [-0.2, 0) is 16.0 Å². The fourth-order valence-corrected chi connectivity index (χ4v) is 3.00. The van der Waals surface area contributed by atoms with E-state index >= 15 is 0 Å². The number of aromatic nitrogens is 1. The van der Waals surface area contributed by atoms with Crippen LogP contribution in [0.5, 0.6) is 0 Å². The molecule has 0 bridgehead atoms. The van der Waals surface area contributed by atoms with Crippen molar-refractivity contribution in [3.05, 3.63) is 10.6 Å². The third-order valence-corrected chi connectivity index (χ3v) is 3.81. The number of fused-ring (bicyclic) bond motifs is 1. The van der Waals surface area contributed by atoms with E-state index in [0.717, 1.165) is 12.1 Å². The Bertz CT molecular complexity index is 494. The molecule has 1 aliphatic rings. The zero-order valence-corrected chi connectivity index (χ0v) is 11.5. The van der Waals surface area contributed by atoms with Crippen LogP contribution >= 0.6 is 11.3 Å². The normalized spacial score (nSPS) is 17.4. The molecule has 0 aromatic carbocycles. The van der Waals surface area contributed by atoms with Crippen molar-refractivity contribution < 1.29 is 14.3 Å². The number of hydrogen-bond donors (Lipinski definition) is 1. The highest BCUT2D eigenvalue weighted by molar-refractivity contribution is 7.17. The second-order valence-corrected chi connectivity index (χ2v) is 6.22. The molecule has 0 saturated heterocycles. The summed E-state index contributed by atoms with van der Waals surface area (Å²) in [4.78, 5) is 28.4. The lowest BCUT2D eigenvalue weighted by atomic mass is 9.78. The molecule has 1 aromatic heterocycles. The number of Topliss-reactive ketones (excluding diaryl/α,β-unsaturated/α-hetero) is 1. The van der Waals surface area contributed by atoms with E-state index in [4.69, 9.17) is 4.74 Å². The molecule has 5 nitrogen and oxygen atoms in total. The zero-order chi connectivity index (χ0) is 13.3. The average Bonchev–Trinajstić information content (AvgIpc) is 2.58. The summed E-state index contributed by atoms with van der Waals surface area (Å²) in [6.45, 7) is 4.09. The molecule has 1 aliphatic carbocycles. The molecule has 0 spiro atoms. The highest BCUT2D eigenvalue weighted by atomic mass is 32.1. The number of nitrogens with one attached hydrogen (secondary N) is 1. The van der Waals surface area contributed by atoms with Gasteiger partial charge in [-0.15, -0.1) is 0 Å². The van der Waals surface area contributed by atoms with Crippen LogP contribution in [-0.4, -0.2) is 30.4 Å². The molecule has 1 aromatic rings. The molecule has 18 heavy (non-hydrogen) atoms. The van der Waals surface area contributed by atoms with Gasteiger partial charge in [-0.1, -0.05) is 25.2 Å². The van der Waals surface area contributed by atoms with E-state index in [9.17, 15) is 9.59 Å². The summed E-state index contributed by atoms with van der Waals surface area (Å²) < 4.78 is 4.73. The van der Waals surface area contributed by atoms with Crippen molar-refractivity contribution in [3.63, 3.8) is 0 Å². The van der Waals surface area contributed by atoms with Crippen molar-refractivity contribution in [2.45, 2.75) is 26.7 Å². The van der Waals surface area contributed by atoms with E-state index in [-0.39, 0.29) is 23.7 Å². The number of hydrogen-bond acceptors (Lipinski definition) is 5. The number of nitrogens with zero attached hydrogens (tertiary/aromatic N) is 1. The number of methoxy groups -OCH3 is 1. The molecule has 1 N–H and O–H groups in total. The molecule has 0 aliphatic heterocycles. The number of ketones is 1. The van der Waals surface area contributed by atoms with E-state index in [1.165, 1.54) is 18.4 Å². The number of rotatable bonds is 3. The number of ether oxygens (including phenoxy) is 1. The third kappa shape index (κ3) is 2.76. The summed E-state index contributed by atoms with van der Waals surface area (Å²) in [5, 5.41) is 3.12. The fourth-order valence-electron chi connectivity index (χ4n) is 2.06. The highest BCUT2D eigenvalue weighted by Gasteiger charge is 2.33. The SMILES string of the molecule is COCC(=O)Nc1nc2c(s1)C(=O)CC(C)(C)C2. The molecule has 0 saturated carbocycles. The molecule has 98 valence electrons. The van der Waals surface area contributed by atoms with E-state index in [1.807, 2.05) is 0 Å². The summed E-state index contributed by atoms with van der Waals surface area (Å²) >= 11 is 1.25. The van der Waals surface area contributed by atoms with Crippen LogP contribution in [0.2, 0.25) is 0 Å². The van der Waals surface area contributed by atoms with Crippen molar-refractivity contribution in [1.82, 2.24) is 4.98 Å². The molecule has 0 unspecified atom stereocenters. The van der Waals surface area contributed by atoms with Crippen LogP contribution in [0, 0.1) is 5.41 Å². The van der Waals surface area contributed by atoms with Crippen molar-refractivity contribution in [3.8, 4) is 0 Å². The number of amides is 1. The molecule has 1 amide bonds. The number of anilines is 1. The number of thiazole rings is 1. The molecule has 6 heteroatoms. The lowest BCUT2D eigenvalue weighted by Gasteiger charge is -2.26. The van der Waals surface area contributed by atoms with Crippen molar-refractivity contribution >= 4 is 28.2 Å². The topological polar surface area (TPSA) is 68.3 Å². The predicted molar refractivity (Wildman–Crippen MR) is 69.1 cm³/mol. The zero-order valence-electron chi connectivity index (χ0n) is 10.7. The molecular formula is C12H16N2O3S. The summed E-state index contributed by atoms with van der Waals surface area (Å²) in [7, 11) is 1.46. The third-order valence-electron chi connectivity index (χ3n) is 2.76. The Morgan fingerprint density at radius 1 is 1.50 bits per heavy atom. The van der Waals surface area contributed by atoms with Gasteiger partial charge >= 0.3 is 0 Å². The maximum atomic E-state index is 12.0. The summed E-state index contributed by atoms with van der Waals surface area (Å²) in [6.07, 6.45) is 1.30. The molecule has 0 radical (unpaired) electrons. The van der Waals surface area contributed by atoms with E-state index in [0.29, 0.717) is 16.4 Å². The Morgan fingerprint density at radius 2 is 2.22 bits per heavy atom. The van der Waals surface area contributed by atoms with Gasteiger partial charge in [-0.25, -0.2) is 4.98 Å². The quantitative estimate of drug-likeness (QED) is 0.909. The van der Waals surface area contributed by atoms with Gasteiger partial charge < -0.3 is 4.74 Å². The van der Waals surface area contributed by atoms with Crippen molar-refractivity contribution in [2.75, 3.05) is 19.0 Å². The molecule has 0 atom stereocenters. The minimum Gasteiger partial charge on any atom is -0.375 e. The van der Waals surface area contributed by atoms with Gasteiger partial charge in [-0.05, 0) is 11.8 Å². The van der Waals surface area contributed by atoms with Crippen LogP contribution < -0.4 is 5.32 Å². The minimum atomic E-state index is -0.254. The molecule has 1 heterocycles. The van der Waals surface area contributed by atoms with E-state index < -0.39 is 0 Å². The fraction of sp³-hybridized carbons (Fsp3) is 0.583. The van der Waals surface area contributed by atoms with Crippen LogP contribution in [0.25, 0.3) is 0 Å². The van der Waals surface area contributed by atoms with Gasteiger partial charge in [0, 0.05) is 13.5 Å². The summed E-state index contributed by atoms with van der Waals surface area (Å²) in [6, 6.07) is 0. The average molecular weight is 268 g/mol. The summed E-state index contributed by atoms with van der Waals surface area (Å²) in [5.41, 5.74) is 0.750. The summed E-state index contributed by atoms with van der Waals surface area (Å²) in [5.74, 6) is -0.138. The highest BCUT2D eigenvalue weighted by Crippen LogP contribution is 2.38. The Balaban J connectivity index is 2.19. The maximum absolute atomic E-state index is 12.0. The van der Waals surface area contributed by atoms with E-state index in [2.05, 4.69) is 24.1 Å². The first-order valence-electron chi connectivity index (χ1n) is 5.73. The number of carbonyl (C=O) groups excluding carboxylic acids is 2. The van der Waals surface area contributed by atoms with Crippen molar-refractivity contribution in [2.24, 2.45) is 5.41 Å². The van der Waals surface area contributed by atoms with Crippen molar-refractivity contribution in [1.29, 1.82) is 0 Å². The Morgan fingerprint density at radius 3 is 2.89 bits per heavy atom. The van der Waals surface area contributed by atoms with Crippen LogP contribution in [0.15, 0.2) is 0 Å². The standard InChI is InChI=1S/C12H16N2O3S/c1-12(2)4-7-10(8(15)5-12)18-11(13-7)14-9(16)6-17-3/h4-6H2,1-3H3,(H,13,14,16). The van der Waals surface area contributed by atoms with Gasteiger partial charge in [0.2, 0.25) is 0 Å². The van der Waals surface area contributed by atoms with Crippen LogP contribution in [0.4, 0.5) is 5.13 Å². The Hall–Kier alpha value is -1.27. The first-order valence-corrected chi connectivity index (χ1v) is 6.54. The first kappa shape index (κ1) is 13.2. The second kappa shape index (κ2) is 4.78. The monoisotopic (exact) mass is 268 g/mol. The smallest absolute Gasteiger partial charge is 0.252 e. The van der Waals surface area contributed by atoms with E-state index in [1.54, 1.807) is 0 Å². The Labute approximate surface area is 110 Å².